The number of imide groups is 1. The van der Waals surface area contributed by atoms with Gasteiger partial charge in [0.05, 0.1) is 23.2 Å². The molecule has 2 heterocycles. The van der Waals surface area contributed by atoms with Gasteiger partial charge in [-0.2, -0.15) is 0 Å². The fraction of sp³-hybridized carbons (Fsp3) is 0.423. The molecule has 1 fully saturated rings. The lowest BCUT2D eigenvalue weighted by Crippen LogP contribution is -2.54. The van der Waals surface area contributed by atoms with Gasteiger partial charge in [0.25, 0.3) is 11.8 Å². The maximum Gasteiger partial charge on any atom is 0.320 e. The van der Waals surface area contributed by atoms with Crippen LogP contribution in [0.4, 0.5) is 0 Å². The van der Waals surface area contributed by atoms with Crippen molar-refractivity contribution < 1.29 is 29.1 Å². The summed E-state index contributed by atoms with van der Waals surface area (Å²) in [6, 6.07) is 8.21. The summed E-state index contributed by atoms with van der Waals surface area (Å²) in [6.07, 6.45) is 0.838. The van der Waals surface area contributed by atoms with Crippen molar-refractivity contribution >= 4 is 51.3 Å². The Morgan fingerprint density at radius 2 is 1.67 bits per heavy atom. The van der Waals surface area contributed by atoms with E-state index >= 15 is 0 Å². The second-order valence-electron chi connectivity index (χ2n) is 9.55. The molecule has 0 bridgehead atoms. The van der Waals surface area contributed by atoms with Crippen molar-refractivity contribution in [3.8, 4) is 0 Å². The highest BCUT2D eigenvalue weighted by Gasteiger charge is 2.37. The zero-order valence-electron chi connectivity index (χ0n) is 20.2. The Bertz CT molecular complexity index is 1170. The number of carboxylic acid groups (broad SMARTS) is 1. The van der Waals surface area contributed by atoms with Crippen LogP contribution in [-0.4, -0.2) is 69.2 Å². The van der Waals surface area contributed by atoms with E-state index < -0.39 is 41.8 Å². The highest BCUT2D eigenvalue weighted by atomic mass is 32.2. The van der Waals surface area contributed by atoms with E-state index in [1.807, 2.05) is 38.1 Å². The molecule has 2 aliphatic heterocycles. The lowest BCUT2D eigenvalue weighted by Gasteiger charge is -2.26. The van der Waals surface area contributed by atoms with Crippen molar-refractivity contribution in [2.75, 3.05) is 12.3 Å². The Kier molecular flexibility index (Phi) is 7.75. The van der Waals surface area contributed by atoms with Crippen LogP contribution in [0.2, 0.25) is 0 Å². The SMILES string of the molecule is CC(C)C[C@H](N[C@H](CCN1C(=O)c2cc3ccccc3cc2C1=O)C(=O)O)C(=O)N[C@@H]1CCSC1=O. The predicted octanol–water partition coefficient (Wildman–Crippen LogP) is 2.43. The van der Waals surface area contributed by atoms with Crippen LogP contribution in [-0.2, 0) is 14.4 Å². The molecule has 0 spiro atoms. The van der Waals surface area contributed by atoms with E-state index in [9.17, 15) is 29.1 Å². The third kappa shape index (κ3) is 5.44. The van der Waals surface area contributed by atoms with Crippen LogP contribution in [0.3, 0.4) is 0 Å². The van der Waals surface area contributed by atoms with Gasteiger partial charge in [-0.05, 0) is 48.1 Å². The molecule has 2 aromatic carbocycles. The van der Waals surface area contributed by atoms with Gasteiger partial charge in [-0.3, -0.25) is 34.2 Å². The van der Waals surface area contributed by atoms with Crippen LogP contribution < -0.4 is 10.6 Å². The summed E-state index contributed by atoms with van der Waals surface area (Å²) in [6.45, 7) is 3.72. The molecule has 3 atom stereocenters. The molecule has 4 rings (SSSR count). The van der Waals surface area contributed by atoms with E-state index in [1.165, 1.54) is 11.8 Å². The number of thioether (sulfide) groups is 1. The number of nitrogens with zero attached hydrogens (tertiary/aromatic N) is 1. The summed E-state index contributed by atoms with van der Waals surface area (Å²) in [5.41, 5.74) is 0.601. The Hall–Kier alpha value is -3.24. The smallest absolute Gasteiger partial charge is 0.320 e. The topological polar surface area (TPSA) is 133 Å². The fourth-order valence-corrected chi connectivity index (χ4v) is 5.51. The number of carbonyl (C=O) groups excluding carboxylic acids is 4. The molecular weight excluding hydrogens is 482 g/mol. The van der Waals surface area contributed by atoms with Gasteiger partial charge < -0.3 is 10.4 Å². The summed E-state index contributed by atoms with van der Waals surface area (Å²) in [7, 11) is 0. The summed E-state index contributed by atoms with van der Waals surface area (Å²) in [5, 5.41) is 17.0. The molecule has 0 saturated carbocycles. The van der Waals surface area contributed by atoms with Gasteiger partial charge in [-0.15, -0.1) is 0 Å². The molecule has 190 valence electrons. The van der Waals surface area contributed by atoms with E-state index in [1.54, 1.807) is 12.1 Å². The van der Waals surface area contributed by atoms with E-state index in [0.717, 1.165) is 15.7 Å². The zero-order chi connectivity index (χ0) is 26.0. The first-order chi connectivity index (χ1) is 17.2. The molecule has 0 unspecified atom stereocenters. The summed E-state index contributed by atoms with van der Waals surface area (Å²) in [5.74, 6) is -1.81. The van der Waals surface area contributed by atoms with Crippen molar-refractivity contribution in [2.45, 2.75) is 51.2 Å². The lowest BCUT2D eigenvalue weighted by molar-refractivity contribution is -0.140. The maximum absolute atomic E-state index is 13.0. The Morgan fingerprint density at radius 3 is 2.17 bits per heavy atom. The highest BCUT2D eigenvalue weighted by Crippen LogP contribution is 2.28. The van der Waals surface area contributed by atoms with Crippen LogP contribution in [0.5, 0.6) is 0 Å². The molecule has 0 radical (unpaired) electrons. The quantitative estimate of drug-likeness (QED) is 0.414. The maximum atomic E-state index is 13.0. The van der Waals surface area contributed by atoms with E-state index in [0.29, 0.717) is 29.7 Å². The second-order valence-corrected chi connectivity index (χ2v) is 10.7. The average Bonchev–Trinajstić information content (AvgIpc) is 3.34. The van der Waals surface area contributed by atoms with Crippen molar-refractivity contribution in [3.63, 3.8) is 0 Å². The Morgan fingerprint density at radius 1 is 1.06 bits per heavy atom. The average molecular weight is 512 g/mol. The molecule has 9 nitrogen and oxygen atoms in total. The van der Waals surface area contributed by atoms with Crippen molar-refractivity contribution in [2.24, 2.45) is 5.92 Å². The van der Waals surface area contributed by atoms with Crippen LogP contribution >= 0.6 is 11.8 Å². The predicted molar refractivity (Wildman–Crippen MR) is 136 cm³/mol. The number of fused-ring (bicyclic) bond motifs is 2. The first kappa shape index (κ1) is 25.8. The molecule has 2 aromatic rings. The van der Waals surface area contributed by atoms with Crippen LogP contribution in [0.15, 0.2) is 36.4 Å². The van der Waals surface area contributed by atoms with E-state index in [2.05, 4.69) is 10.6 Å². The summed E-state index contributed by atoms with van der Waals surface area (Å²) in [4.78, 5) is 63.9. The number of nitrogens with one attached hydrogen (secondary N) is 2. The van der Waals surface area contributed by atoms with Crippen molar-refractivity contribution in [1.82, 2.24) is 15.5 Å². The number of hydrogen-bond donors (Lipinski definition) is 3. The van der Waals surface area contributed by atoms with Gasteiger partial charge in [-0.1, -0.05) is 49.9 Å². The largest absolute Gasteiger partial charge is 0.480 e. The lowest BCUT2D eigenvalue weighted by atomic mass is 10.0. The van der Waals surface area contributed by atoms with Gasteiger partial charge in [0.15, 0.2) is 0 Å². The Balaban J connectivity index is 1.45. The minimum Gasteiger partial charge on any atom is -0.480 e. The molecule has 3 N–H and O–H groups in total. The summed E-state index contributed by atoms with van der Waals surface area (Å²) < 4.78 is 0. The number of carbonyl (C=O) groups is 5. The molecule has 0 aromatic heterocycles. The number of carboxylic acids is 1. The molecule has 1 saturated heterocycles. The zero-order valence-corrected chi connectivity index (χ0v) is 21.0. The van der Waals surface area contributed by atoms with E-state index in [4.69, 9.17) is 0 Å². The normalized spacial score (nSPS) is 19.1. The number of aliphatic carboxylic acids is 1. The Labute approximate surface area is 213 Å². The number of rotatable bonds is 10. The standard InChI is InChI=1S/C26H29N3O6S/c1-14(2)11-21(22(30)28-20-8-10-36-26(20)35)27-19(25(33)34)7-9-29-23(31)17-12-15-5-3-4-6-16(15)13-18(17)24(29)32/h3-6,12-14,19-21,27H,7-11H2,1-2H3,(H,28,30)(H,33,34)/t19-,20-,21+/m1/s1. The first-order valence-corrected chi connectivity index (χ1v) is 13.0. The summed E-state index contributed by atoms with van der Waals surface area (Å²) >= 11 is 1.17. The molecule has 2 aliphatic rings. The van der Waals surface area contributed by atoms with Crippen molar-refractivity contribution in [1.29, 1.82) is 0 Å². The van der Waals surface area contributed by atoms with E-state index in [-0.39, 0.29) is 24.0 Å². The highest BCUT2D eigenvalue weighted by molar-refractivity contribution is 8.14. The minimum absolute atomic E-state index is 0.0690. The minimum atomic E-state index is -1.19. The number of benzene rings is 2. The molecule has 3 amide bonds. The monoisotopic (exact) mass is 511 g/mol. The third-order valence-electron chi connectivity index (χ3n) is 6.45. The van der Waals surface area contributed by atoms with Crippen LogP contribution in [0, 0.1) is 5.92 Å². The van der Waals surface area contributed by atoms with Gasteiger partial charge in [0, 0.05) is 12.3 Å². The van der Waals surface area contributed by atoms with Crippen LogP contribution in [0.1, 0.15) is 53.8 Å². The van der Waals surface area contributed by atoms with Gasteiger partial charge in [-0.25, -0.2) is 0 Å². The number of amides is 3. The second kappa shape index (κ2) is 10.8. The van der Waals surface area contributed by atoms with Gasteiger partial charge in [0.1, 0.15) is 6.04 Å². The molecule has 10 heteroatoms. The van der Waals surface area contributed by atoms with Gasteiger partial charge in [0.2, 0.25) is 11.0 Å². The fourth-order valence-electron chi connectivity index (χ4n) is 4.58. The molecule has 0 aliphatic carbocycles. The van der Waals surface area contributed by atoms with Crippen molar-refractivity contribution in [3.05, 3.63) is 47.5 Å². The van der Waals surface area contributed by atoms with Gasteiger partial charge >= 0.3 is 5.97 Å². The third-order valence-corrected chi connectivity index (χ3v) is 7.46. The first-order valence-electron chi connectivity index (χ1n) is 12.0. The number of hydrogen-bond acceptors (Lipinski definition) is 7. The molecule has 36 heavy (non-hydrogen) atoms. The van der Waals surface area contributed by atoms with Crippen LogP contribution in [0.25, 0.3) is 10.8 Å². The molecular formula is C26H29N3O6S.